The molecule has 1 heterocycles. The maximum absolute atomic E-state index is 5.56. The van der Waals surface area contributed by atoms with Gasteiger partial charge in [0.05, 0.1) is 19.7 Å². The molecule has 1 aliphatic heterocycles. The van der Waals surface area contributed by atoms with Crippen molar-refractivity contribution < 1.29 is 4.74 Å². The van der Waals surface area contributed by atoms with Gasteiger partial charge in [-0.15, -0.1) is 24.0 Å². The van der Waals surface area contributed by atoms with Gasteiger partial charge in [0.15, 0.2) is 5.96 Å². The average molecular weight is 503 g/mol. The monoisotopic (exact) mass is 503 g/mol. The van der Waals surface area contributed by atoms with E-state index in [1.165, 1.54) is 19.4 Å². The normalized spacial score (nSPS) is 18.6. The molecule has 1 aromatic carbocycles. The van der Waals surface area contributed by atoms with Crippen LogP contribution in [0.3, 0.4) is 0 Å². The van der Waals surface area contributed by atoms with Gasteiger partial charge in [-0.2, -0.15) is 0 Å². The maximum atomic E-state index is 5.56. The van der Waals surface area contributed by atoms with Crippen LogP contribution in [0.15, 0.2) is 29.3 Å². The van der Waals surface area contributed by atoms with Gasteiger partial charge in [0.2, 0.25) is 0 Å². The second kappa shape index (κ2) is 13.2. The fourth-order valence-electron chi connectivity index (χ4n) is 3.76. The molecule has 0 amide bonds. The number of benzene rings is 1. The number of hydrogen-bond acceptors (Lipinski definition) is 4. The van der Waals surface area contributed by atoms with E-state index < -0.39 is 0 Å². The number of likely N-dealkylation sites (N-methyl/N-ethyl adjacent to an activating group) is 2. The Morgan fingerprint density at radius 2 is 2.04 bits per heavy atom. The van der Waals surface area contributed by atoms with Crippen molar-refractivity contribution in [3.63, 3.8) is 0 Å². The molecule has 2 unspecified atom stereocenters. The number of hydrogen-bond donors (Lipinski definition) is 2. The smallest absolute Gasteiger partial charge is 0.191 e. The summed E-state index contributed by atoms with van der Waals surface area (Å²) in [6, 6.07) is 8.97. The zero-order valence-electron chi connectivity index (χ0n) is 18.1. The summed E-state index contributed by atoms with van der Waals surface area (Å²) in [6.45, 7) is 9.16. The summed E-state index contributed by atoms with van der Waals surface area (Å²) in [5.74, 6) is 1.80. The van der Waals surface area contributed by atoms with Crippen molar-refractivity contribution in [2.24, 2.45) is 4.99 Å². The standard InChI is InChI=1S/C21H37N5O.HI/c1-6-22-21(23-15-17-11-10-14-26(17)7-2)24-16-19(25(3)4)18-12-8-9-13-20(18)27-5;/h8-9,12-13,17,19H,6-7,10-11,14-16H2,1-5H3,(H2,22,23,24);1H. The Labute approximate surface area is 188 Å². The zero-order valence-corrected chi connectivity index (χ0v) is 20.4. The first-order chi connectivity index (χ1) is 13.1. The van der Waals surface area contributed by atoms with Crippen molar-refractivity contribution in [3.05, 3.63) is 29.8 Å². The number of guanidine groups is 1. The molecule has 2 atom stereocenters. The third-order valence-electron chi connectivity index (χ3n) is 5.30. The maximum Gasteiger partial charge on any atom is 0.191 e. The Balaban J connectivity index is 0.00000392. The van der Waals surface area contributed by atoms with Crippen LogP contribution < -0.4 is 15.4 Å². The van der Waals surface area contributed by atoms with Gasteiger partial charge in [-0.1, -0.05) is 25.1 Å². The van der Waals surface area contributed by atoms with E-state index in [9.17, 15) is 0 Å². The van der Waals surface area contributed by atoms with Crippen LogP contribution in [0.2, 0.25) is 0 Å². The molecule has 160 valence electrons. The number of nitrogens with zero attached hydrogens (tertiary/aromatic N) is 3. The molecule has 28 heavy (non-hydrogen) atoms. The minimum Gasteiger partial charge on any atom is -0.496 e. The van der Waals surface area contributed by atoms with Crippen molar-refractivity contribution in [2.75, 3.05) is 53.9 Å². The molecule has 0 aromatic heterocycles. The van der Waals surface area contributed by atoms with E-state index in [4.69, 9.17) is 9.73 Å². The predicted octanol–water partition coefficient (Wildman–Crippen LogP) is 2.96. The van der Waals surface area contributed by atoms with Gasteiger partial charge in [-0.3, -0.25) is 9.89 Å². The van der Waals surface area contributed by atoms with Gasteiger partial charge in [0, 0.05) is 24.7 Å². The number of para-hydroxylation sites is 1. The molecule has 0 saturated carbocycles. The molecular weight excluding hydrogens is 465 g/mol. The first-order valence-corrected chi connectivity index (χ1v) is 10.2. The van der Waals surface area contributed by atoms with Gasteiger partial charge in [-0.25, -0.2) is 0 Å². The van der Waals surface area contributed by atoms with Gasteiger partial charge in [-0.05, 0) is 53.0 Å². The number of halogens is 1. The number of methoxy groups -OCH3 is 1. The number of aliphatic imine (C=N–C) groups is 1. The van der Waals surface area contributed by atoms with Gasteiger partial charge in [0.1, 0.15) is 5.75 Å². The van der Waals surface area contributed by atoms with Crippen molar-refractivity contribution in [3.8, 4) is 5.75 Å². The van der Waals surface area contributed by atoms with E-state index in [1.807, 2.05) is 12.1 Å². The molecule has 0 aliphatic carbocycles. The molecule has 6 nitrogen and oxygen atoms in total. The van der Waals surface area contributed by atoms with Crippen LogP contribution in [-0.4, -0.2) is 75.7 Å². The highest BCUT2D eigenvalue weighted by Crippen LogP contribution is 2.28. The molecule has 1 saturated heterocycles. The molecule has 1 fully saturated rings. The Bertz CT molecular complexity index is 596. The summed E-state index contributed by atoms with van der Waals surface area (Å²) in [7, 11) is 5.90. The zero-order chi connectivity index (χ0) is 19.6. The molecule has 2 rings (SSSR count). The molecule has 1 aromatic rings. The summed E-state index contributed by atoms with van der Waals surface area (Å²) >= 11 is 0. The van der Waals surface area contributed by atoms with Crippen LogP contribution in [-0.2, 0) is 0 Å². The third kappa shape index (κ3) is 7.08. The van der Waals surface area contributed by atoms with Crippen molar-refractivity contribution >= 4 is 29.9 Å². The van der Waals surface area contributed by atoms with Crippen LogP contribution in [0.4, 0.5) is 0 Å². The van der Waals surface area contributed by atoms with Crippen LogP contribution in [0, 0.1) is 0 Å². The molecule has 0 bridgehead atoms. The van der Waals surface area contributed by atoms with Crippen LogP contribution in [0.1, 0.15) is 38.3 Å². The van der Waals surface area contributed by atoms with E-state index in [2.05, 4.69) is 60.5 Å². The van der Waals surface area contributed by atoms with Crippen molar-refractivity contribution in [2.45, 2.75) is 38.8 Å². The van der Waals surface area contributed by atoms with E-state index in [0.29, 0.717) is 12.6 Å². The average Bonchev–Trinajstić information content (AvgIpc) is 3.13. The lowest BCUT2D eigenvalue weighted by atomic mass is 10.0. The van der Waals surface area contributed by atoms with E-state index in [1.54, 1.807) is 7.11 Å². The Kier molecular flexibility index (Phi) is 11.8. The second-order valence-electron chi connectivity index (χ2n) is 7.25. The van der Waals surface area contributed by atoms with Gasteiger partial charge in [0.25, 0.3) is 0 Å². The minimum atomic E-state index is 0. The number of ether oxygens (including phenoxy) is 1. The highest BCUT2D eigenvalue weighted by atomic mass is 127. The number of rotatable bonds is 9. The first kappa shape index (κ1) is 25.0. The predicted molar refractivity (Wildman–Crippen MR) is 129 cm³/mol. The highest BCUT2D eigenvalue weighted by Gasteiger charge is 2.23. The van der Waals surface area contributed by atoms with Gasteiger partial charge >= 0.3 is 0 Å². The first-order valence-electron chi connectivity index (χ1n) is 10.2. The second-order valence-corrected chi connectivity index (χ2v) is 7.25. The largest absolute Gasteiger partial charge is 0.496 e. The molecule has 0 radical (unpaired) electrons. The molecule has 0 spiro atoms. The lowest BCUT2D eigenvalue weighted by Gasteiger charge is -2.26. The van der Waals surface area contributed by atoms with E-state index in [-0.39, 0.29) is 30.0 Å². The van der Waals surface area contributed by atoms with E-state index in [0.717, 1.165) is 36.9 Å². The summed E-state index contributed by atoms with van der Waals surface area (Å²) in [5, 5.41) is 6.93. The van der Waals surface area contributed by atoms with Crippen molar-refractivity contribution in [1.82, 2.24) is 20.4 Å². The fourth-order valence-corrected chi connectivity index (χ4v) is 3.76. The molecule has 1 aliphatic rings. The number of likely N-dealkylation sites (tertiary alicyclic amines) is 1. The summed E-state index contributed by atoms with van der Waals surface area (Å²) in [5.41, 5.74) is 1.16. The quantitative estimate of drug-likeness (QED) is 0.309. The fraction of sp³-hybridized carbons (Fsp3) is 0.667. The molecule has 2 N–H and O–H groups in total. The van der Waals surface area contributed by atoms with Crippen LogP contribution in [0.5, 0.6) is 5.75 Å². The van der Waals surface area contributed by atoms with Crippen LogP contribution >= 0.6 is 24.0 Å². The van der Waals surface area contributed by atoms with Gasteiger partial charge < -0.3 is 20.3 Å². The summed E-state index contributed by atoms with van der Waals surface area (Å²) < 4.78 is 5.56. The SMILES string of the molecule is CCNC(=NCC(c1ccccc1OC)N(C)C)NCC1CCCN1CC.I. The third-order valence-corrected chi connectivity index (χ3v) is 5.30. The van der Waals surface area contributed by atoms with Crippen molar-refractivity contribution in [1.29, 1.82) is 0 Å². The summed E-state index contributed by atoms with van der Waals surface area (Å²) in [4.78, 5) is 9.62. The Morgan fingerprint density at radius 3 is 2.68 bits per heavy atom. The highest BCUT2D eigenvalue weighted by molar-refractivity contribution is 14.0. The number of nitrogens with one attached hydrogen (secondary N) is 2. The minimum absolute atomic E-state index is 0. The molecule has 7 heteroatoms. The van der Waals surface area contributed by atoms with E-state index >= 15 is 0 Å². The lowest BCUT2D eigenvalue weighted by Crippen LogP contribution is -2.45. The van der Waals surface area contributed by atoms with Crippen LogP contribution in [0.25, 0.3) is 0 Å². The molecular formula is C21H38IN5O. The summed E-state index contributed by atoms with van der Waals surface area (Å²) in [6.07, 6.45) is 2.56. The Hall–Kier alpha value is -1.06. The Morgan fingerprint density at radius 1 is 1.29 bits per heavy atom. The topological polar surface area (TPSA) is 52.1 Å². The lowest BCUT2D eigenvalue weighted by molar-refractivity contribution is 0.266.